The topological polar surface area (TPSA) is 79.5 Å². The Bertz CT molecular complexity index is 878. The first-order valence-corrected chi connectivity index (χ1v) is 9.08. The molecule has 0 atom stereocenters. The van der Waals surface area contributed by atoms with Crippen molar-refractivity contribution in [2.45, 2.75) is 39.8 Å². The number of guanidine groups is 1. The van der Waals surface area contributed by atoms with E-state index in [1.54, 1.807) is 18.4 Å². The molecule has 0 radical (unpaired) electrons. The van der Waals surface area contributed by atoms with Crippen LogP contribution in [-0.2, 0) is 13.1 Å². The molecule has 3 heterocycles. The van der Waals surface area contributed by atoms with Crippen LogP contribution in [0, 0.1) is 6.92 Å². The van der Waals surface area contributed by atoms with Gasteiger partial charge in [-0.15, -0.1) is 10.2 Å². The first-order valence-electron chi connectivity index (χ1n) is 8.26. The largest absolute Gasteiger partial charge is 0.351 e. The molecule has 0 fully saturated rings. The normalized spacial score (nSPS) is 12.1. The van der Waals surface area contributed by atoms with E-state index < -0.39 is 0 Å². The van der Waals surface area contributed by atoms with Crippen molar-refractivity contribution in [3.8, 4) is 0 Å². The molecule has 0 aliphatic heterocycles. The summed E-state index contributed by atoms with van der Waals surface area (Å²) in [6.07, 6.45) is 4.05. The highest BCUT2D eigenvalue weighted by atomic mass is 32.1. The highest BCUT2D eigenvalue weighted by Gasteiger charge is 2.08. The van der Waals surface area contributed by atoms with Gasteiger partial charge in [-0.2, -0.15) is 0 Å². The third kappa shape index (κ3) is 4.33. The molecule has 0 bridgehead atoms. The first kappa shape index (κ1) is 17.3. The lowest BCUT2D eigenvalue weighted by Crippen LogP contribution is -2.36. The van der Waals surface area contributed by atoms with E-state index in [1.165, 1.54) is 5.56 Å². The molecular formula is C17H23N7S. The Balaban J connectivity index is 1.56. The number of hydrogen-bond donors (Lipinski definition) is 2. The van der Waals surface area contributed by atoms with Crippen LogP contribution in [0.1, 0.15) is 41.0 Å². The molecule has 0 unspecified atom stereocenters. The fourth-order valence-electron chi connectivity index (χ4n) is 2.35. The van der Waals surface area contributed by atoms with Gasteiger partial charge in [-0.25, -0.2) is 4.98 Å². The van der Waals surface area contributed by atoms with Crippen LogP contribution in [0.4, 0.5) is 0 Å². The molecule has 0 amide bonds. The molecule has 132 valence electrons. The Kier molecular flexibility index (Phi) is 5.28. The third-order valence-electron chi connectivity index (χ3n) is 3.71. The summed E-state index contributed by atoms with van der Waals surface area (Å²) in [7, 11) is 1.75. The fraction of sp³-hybridized carbons (Fsp3) is 0.412. The number of fused-ring (bicyclic) bond motifs is 1. The summed E-state index contributed by atoms with van der Waals surface area (Å²) in [6, 6.07) is 4.14. The van der Waals surface area contributed by atoms with Gasteiger partial charge in [-0.3, -0.25) is 4.99 Å². The minimum Gasteiger partial charge on any atom is -0.351 e. The maximum absolute atomic E-state index is 4.62. The van der Waals surface area contributed by atoms with Gasteiger partial charge in [0.05, 0.1) is 18.8 Å². The molecule has 3 aromatic rings. The highest BCUT2D eigenvalue weighted by molar-refractivity contribution is 7.11. The molecule has 2 N–H and O–H groups in total. The minimum atomic E-state index is 0.405. The van der Waals surface area contributed by atoms with E-state index in [-0.39, 0.29) is 0 Å². The van der Waals surface area contributed by atoms with Crippen LogP contribution >= 0.6 is 11.3 Å². The molecule has 7 nitrogen and oxygen atoms in total. The Morgan fingerprint density at radius 2 is 2.08 bits per heavy atom. The zero-order valence-electron chi connectivity index (χ0n) is 14.9. The summed E-state index contributed by atoms with van der Waals surface area (Å²) in [6.45, 7) is 7.52. The van der Waals surface area contributed by atoms with Gasteiger partial charge in [-0.1, -0.05) is 25.2 Å². The molecule has 0 aromatic carbocycles. The first-order chi connectivity index (χ1) is 12.0. The van der Waals surface area contributed by atoms with Gasteiger partial charge in [0.15, 0.2) is 5.96 Å². The average molecular weight is 357 g/mol. The van der Waals surface area contributed by atoms with Crippen molar-refractivity contribution >= 4 is 22.9 Å². The molecule has 25 heavy (non-hydrogen) atoms. The number of aryl methyl sites for hydroxylation is 1. The predicted octanol–water partition coefficient (Wildman–Crippen LogP) is 2.48. The van der Waals surface area contributed by atoms with Crippen molar-refractivity contribution in [3.63, 3.8) is 0 Å². The maximum Gasteiger partial charge on any atom is 0.191 e. The summed E-state index contributed by atoms with van der Waals surface area (Å²) in [5.41, 5.74) is 3.12. The van der Waals surface area contributed by atoms with Crippen LogP contribution in [0.15, 0.2) is 29.5 Å². The van der Waals surface area contributed by atoms with Crippen LogP contribution in [0.2, 0.25) is 0 Å². The maximum atomic E-state index is 4.62. The number of hydrogen-bond acceptors (Lipinski definition) is 5. The number of nitrogens with one attached hydrogen (secondary N) is 2. The van der Waals surface area contributed by atoms with Crippen molar-refractivity contribution in [1.29, 1.82) is 0 Å². The number of rotatable bonds is 5. The Morgan fingerprint density at radius 3 is 2.80 bits per heavy atom. The van der Waals surface area contributed by atoms with Gasteiger partial charge in [0.2, 0.25) is 0 Å². The van der Waals surface area contributed by atoms with E-state index >= 15 is 0 Å². The standard InChI is InChI=1S/C17H23N7S/c1-11(2)16-23-22-15(25-16)9-20-17(18-4)19-8-13-10-24-6-5-12(3)7-14(24)21-13/h5-7,10-11H,8-9H2,1-4H3,(H2,18,19,20). The Hall–Kier alpha value is -2.48. The third-order valence-corrected chi connectivity index (χ3v) is 4.93. The minimum absolute atomic E-state index is 0.405. The smallest absolute Gasteiger partial charge is 0.191 e. The second kappa shape index (κ2) is 7.60. The second-order valence-electron chi connectivity index (χ2n) is 6.17. The Labute approximate surface area is 151 Å². The molecule has 0 saturated heterocycles. The van der Waals surface area contributed by atoms with Crippen LogP contribution in [0.25, 0.3) is 5.65 Å². The summed E-state index contributed by atoms with van der Waals surface area (Å²) in [5.74, 6) is 1.12. The molecule has 3 aromatic heterocycles. The van der Waals surface area contributed by atoms with E-state index in [9.17, 15) is 0 Å². The molecule has 0 aliphatic carbocycles. The number of nitrogens with zero attached hydrogens (tertiary/aromatic N) is 5. The van der Waals surface area contributed by atoms with Crippen molar-refractivity contribution in [1.82, 2.24) is 30.2 Å². The summed E-state index contributed by atoms with van der Waals surface area (Å²) >= 11 is 1.63. The van der Waals surface area contributed by atoms with Gasteiger partial charge >= 0.3 is 0 Å². The van der Waals surface area contributed by atoms with Gasteiger partial charge in [0, 0.05) is 25.4 Å². The zero-order chi connectivity index (χ0) is 17.8. The lowest BCUT2D eigenvalue weighted by Gasteiger charge is -2.09. The lowest BCUT2D eigenvalue weighted by molar-refractivity contribution is 0.778. The second-order valence-corrected chi connectivity index (χ2v) is 7.26. The van der Waals surface area contributed by atoms with E-state index in [0.29, 0.717) is 19.0 Å². The van der Waals surface area contributed by atoms with Crippen LogP contribution in [-0.4, -0.2) is 32.6 Å². The SMILES string of the molecule is CN=C(NCc1cn2ccc(C)cc2n1)NCc1nnc(C(C)C)s1. The molecule has 0 aliphatic rings. The van der Waals surface area contributed by atoms with Crippen molar-refractivity contribution in [3.05, 3.63) is 45.8 Å². The van der Waals surface area contributed by atoms with Crippen LogP contribution in [0.3, 0.4) is 0 Å². The van der Waals surface area contributed by atoms with Gasteiger partial charge < -0.3 is 15.0 Å². The summed E-state index contributed by atoms with van der Waals surface area (Å²) in [4.78, 5) is 8.86. The molecule has 0 saturated carbocycles. The summed E-state index contributed by atoms with van der Waals surface area (Å²) < 4.78 is 2.02. The highest BCUT2D eigenvalue weighted by Crippen LogP contribution is 2.18. The Morgan fingerprint density at radius 1 is 1.28 bits per heavy atom. The number of aromatic nitrogens is 4. The molecule has 8 heteroatoms. The van der Waals surface area contributed by atoms with Crippen LogP contribution < -0.4 is 10.6 Å². The summed E-state index contributed by atoms with van der Waals surface area (Å²) in [5, 5.41) is 17.0. The van der Waals surface area contributed by atoms with E-state index in [1.807, 2.05) is 16.8 Å². The zero-order valence-corrected chi connectivity index (χ0v) is 15.8. The predicted molar refractivity (Wildman–Crippen MR) is 101 cm³/mol. The quantitative estimate of drug-likeness (QED) is 0.542. The molecular weight excluding hydrogens is 334 g/mol. The van der Waals surface area contributed by atoms with Crippen molar-refractivity contribution in [2.75, 3.05) is 7.05 Å². The van der Waals surface area contributed by atoms with Crippen molar-refractivity contribution in [2.24, 2.45) is 4.99 Å². The average Bonchev–Trinajstić information content (AvgIpc) is 3.21. The van der Waals surface area contributed by atoms with Gasteiger partial charge in [-0.05, 0) is 24.6 Å². The number of aliphatic imine (C=N–C) groups is 1. The van der Waals surface area contributed by atoms with E-state index in [0.717, 1.165) is 27.3 Å². The van der Waals surface area contributed by atoms with E-state index in [4.69, 9.17) is 0 Å². The van der Waals surface area contributed by atoms with Gasteiger partial charge in [0.25, 0.3) is 0 Å². The number of imidazole rings is 1. The lowest BCUT2D eigenvalue weighted by atomic mass is 10.2. The van der Waals surface area contributed by atoms with Crippen molar-refractivity contribution < 1.29 is 0 Å². The molecule has 3 rings (SSSR count). The molecule has 0 spiro atoms. The van der Waals surface area contributed by atoms with Crippen LogP contribution in [0.5, 0.6) is 0 Å². The van der Waals surface area contributed by atoms with E-state index in [2.05, 4.69) is 63.7 Å². The fourth-order valence-corrected chi connectivity index (χ4v) is 3.13. The number of pyridine rings is 1. The monoisotopic (exact) mass is 357 g/mol. The van der Waals surface area contributed by atoms with Gasteiger partial charge in [0.1, 0.15) is 15.7 Å².